The Kier molecular flexibility index (Phi) is 6.57. The lowest BCUT2D eigenvalue weighted by Crippen LogP contribution is -2.32. The van der Waals surface area contributed by atoms with Crippen molar-refractivity contribution in [2.24, 2.45) is 0 Å². The molecule has 0 bridgehead atoms. The van der Waals surface area contributed by atoms with Gasteiger partial charge in [-0.2, -0.15) is 0 Å². The molecule has 0 radical (unpaired) electrons. The highest BCUT2D eigenvalue weighted by Gasteiger charge is 2.24. The smallest absolute Gasteiger partial charge is 0.339 e. The van der Waals surface area contributed by atoms with Crippen molar-refractivity contribution >= 4 is 27.6 Å². The minimum atomic E-state index is -4.12. The Balaban J connectivity index is 2.40. The molecule has 0 aliphatic heterocycles. The van der Waals surface area contributed by atoms with Crippen LogP contribution in [0.15, 0.2) is 53.4 Å². The first kappa shape index (κ1) is 20.4. The van der Waals surface area contributed by atoms with E-state index in [0.29, 0.717) is 0 Å². The molecule has 0 spiro atoms. The number of hydrogen-bond acceptors (Lipinski definition) is 5. The van der Waals surface area contributed by atoms with Gasteiger partial charge in [-0.25, -0.2) is 13.2 Å². The quantitative estimate of drug-likeness (QED) is 0.708. The highest BCUT2D eigenvalue weighted by atomic mass is 32.2. The Bertz CT molecular complexity index is 941. The average Bonchev–Trinajstić information content (AvgIpc) is 2.67. The van der Waals surface area contributed by atoms with E-state index in [0.717, 1.165) is 6.42 Å². The van der Waals surface area contributed by atoms with E-state index in [1.807, 2.05) is 13.8 Å². The molecular formula is C19H22N2O5S. The van der Waals surface area contributed by atoms with Crippen LogP contribution in [0.2, 0.25) is 0 Å². The Hall–Kier alpha value is -2.87. The van der Waals surface area contributed by atoms with Crippen LogP contribution in [0.25, 0.3) is 0 Å². The first-order valence-corrected chi connectivity index (χ1v) is 9.88. The van der Waals surface area contributed by atoms with Gasteiger partial charge in [0.25, 0.3) is 15.9 Å². The van der Waals surface area contributed by atoms with Gasteiger partial charge in [0.1, 0.15) is 4.90 Å². The number of para-hydroxylation sites is 1. The van der Waals surface area contributed by atoms with Gasteiger partial charge in [-0.1, -0.05) is 31.2 Å². The summed E-state index contributed by atoms with van der Waals surface area (Å²) in [6.07, 6.45) is 0.742. The number of nitrogens with one attached hydrogen (secondary N) is 2. The Morgan fingerprint density at radius 2 is 1.63 bits per heavy atom. The summed E-state index contributed by atoms with van der Waals surface area (Å²) in [5.74, 6) is -1.15. The summed E-state index contributed by atoms with van der Waals surface area (Å²) >= 11 is 0. The number of ether oxygens (including phenoxy) is 1. The van der Waals surface area contributed by atoms with E-state index in [1.165, 1.54) is 37.4 Å². The lowest BCUT2D eigenvalue weighted by Gasteiger charge is -2.16. The molecule has 2 aromatic rings. The Morgan fingerprint density at radius 1 is 1.04 bits per heavy atom. The molecule has 0 heterocycles. The molecule has 144 valence electrons. The van der Waals surface area contributed by atoms with E-state index in [9.17, 15) is 18.0 Å². The van der Waals surface area contributed by atoms with E-state index in [2.05, 4.69) is 14.8 Å². The lowest BCUT2D eigenvalue weighted by molar-refractivity contribution is 0.0596. The maximum atomic E-state index is 12.8. The normalized spacial score (nSPS) is 12.1. The SMILES string of the molecule is CC[C@H](C)NC(=O)c1ccccc1NS(=O)(=O)c1ccccc1C(=O)OC. The molecule has 0 saturated carbocycles. The molecule has 0 fully saturated rings. The number of sulfonamides is 1. The number of carbonyl (C=O) groups excluding carboxylic acids is 2. The van der Waals surface area contributed by atoms with Crippen molar-refractivity contribution < 1.29 is 22.7 Å². The summed E-state index contributed by atoms with van der Waals surface area (Å²) in [5.41, 5.74) is 0.226. The fourth-order valence-electron chi connectivity index (χ4n) is 2.35. The van der Waals surface area contributed by atoms with Crippen molar-refractivity contribution in [1.29, 1.82) is 0 Å². The average molecular weight is 390 g/mol. The fraction of sp³-hybridized carbons (Fsp3) is 0.263. The molecular weight excluding hydrogens is 368 g/mol. The van der Waals surface area contributed by atoms with E-state index in [-0.39, 0.29) is 33.7 Å². The number of carbonyl (C=O) groups is 2. The third kappa shape index (κ3) is 4.85. The second-order valence-corrected chi connectivity index (χ2v) is 7.57. The zero-order chi connectivity index (χ0) is 20.0. The number of anilines is 1. The zero-order valence-electron chi connectivity index (χ0n) is 15.4. The monoisotopic (exact) mass is 390 g/mol. The fourth-order valence-corrected chi connectivity index (χ4v) is 3.63. The lowest BCUT2D eigenvalue weighted by atomic mass is 10.1. The molecule has 7 nitrogen and oxygen atoms in total. The Morgan fingerprint density at radius 3 is 2.26 bits per heavy atom. The van der Waals surface area contributed by atoms with Crippen LogP contribution in [0.5, 0.6) is 0 Å². The van der Waals surface area contributed by atoms with Gasteiger partial charge in [0.05, 0.1) is 23.9 Å². The van der Waals surface area contributed by atoms with E-state index >= 15 is 0 Å². The van der Waals surface area contributed by atoms with Crippen molar-refractivity contribution in [2.45, 2.75) is 31.2 Å². The van der Waals surface area contributed by atoms with Crippen LogP contribution in [-0.4, -0.2) is 33.4 Å². The molecule has 2 rings (SSSR count). The van der Waals surface area contributed by atoms with Gasteiger partial charge in [0.15, 0.2) is 0 Å². The third-order valence-electron chi connectivity index (χ3n) is 3.99. The highest BCUT2D eigenvalue weighted by Crippen LogP contribution is 2.23. The van der Waals surface area contributed by atoms with Gasteiger partial charge in [0, 0.05) is 6.04 Å². The topological polar surface area (TPSA) is 102 Å². The van der Waals surface area contributed by atoms with Crippen LogP contribution in [0.4, 0.5) is 5.69 Å². The Labute approximate surface area is 158 Å². The molecule has 2 aromatic carbocycles. The molecule has 0 unspecified atom stereocenters. The molecule has 8 heteroatoms. The molecule has 27 heavy (non-hydrogen) atoms. The van der Waals surface area contributed by atoms with Crippen molar-refractivity contribution in [3.63, 3.8) is 0 Å². The minimum absolute atomic E-state index is 0.0535. The number of rotatable bonds is 7. The number of benzene rings is 2. The molecule has 1 amide bonds. The first-order valence-electron chi connectivity index (χ1n) is 8.40. The second kappa shape index (κ2) is 8.68. The van der Waals surface area contributed by atoms with E-state index in [4.69, 9.17) is 0 Å². The van der Waals surface area contributed by atoms with Gasteiger partial charge < -0.3 is 10.1 Å². The van der Waals surface area contributed by atoms with Crippen LogP contribution in [0.1, 0.15) is 41.0 Å². The van der Waals surface area contributed by atoms with Gasteiger partial charge >= 0.3 is 5.97 Å². The summed E-state index contributed by atoms with van der Waals surface area (Å²) < 4.78 is 32.7. The van der Waals surface area contributed by atoms with Crippen molar-refractivity contribution in [3.05, 3.63) is 59.7 Å². The van der Waals surface area contributed by atoms with Crippen LogP contribution in [0.3, 0.4) is 0 Å². The summed E-state index contributed by atoms with van der Waals surface area (Å²) in [6.45, 7) is 3.79. The summed E-state index contributed by atoms with van der Waals surface area (Å²) in [4.78, 5) is 24.1. The van der Waals surface area contributed by atoms with Crippen molar-refractivity contribution in [1.82, 2.24) is 5.32 Å². The molecule has 2 N–H and O–H groups in total. The highest BCUT2D eigenvalue weighted by molar-refractivity contribution is 7.92. The largest absolute Gasteiger partial charge is 0.465 e. The van der Waals surface area contributed by atoms with Crippen LogP contribution in [0, 0.1) is 0 Å². The van der Waals surface area contributed by atoms with Crippen LogP contribution >= 0.6 is 0 Å². The van der Waals surface area contributed by atoms with Crippen LogP contribution < -0.4 is 10.0 Å². The number of esters is 1. The number of hydrogen-bond donors (Lipinski definition) is 2. The van der Waals surface area contributed by atoms with Crippen molar-refractivity contribution in [3.8, 4) is 0 Å². The standard InChI is InChI=1S/C19H22N2O5S/c1-4-13(2)20-18(22)14-9-5-7-11-16(14)21-27(24,25)17-12-8-6-10-15(17)19(23)26-3/h5-13,21H,4H2,1-3H3,(H,20,22)/t13-/m0/s1. The second-order valence-electron chi connectivity index (χ2n) is 5.92. The zero-order valence-corrected chi connectivity index (χ0v) is 16.2. The van der Waals surface area contributed by atoms with Crippen LogP contribution in [-0.2, 0) is 14.8 Å². The predicted octanol–water partition coefficient (Wildman–Crippen LogP) is 2.80. The summed E-state index contributed by atoms with van der Waals surface area (Å²) in [6, 6.07) is 11.9. The maximum absolute atomic E-state index is 12.8. The summed E-state index contributed by atoms with van der Waals surface area (Å²) in [7, 11) is -2.95. The maximum Gasteiger partial charge on any atom is 0.339 e. The number of methoxy groups -OCH3 is 1. The molecule has 0 aromatic heterocycles. The van der Waals surface area contributed by atoms with Gasteiger partial charge in [0.2, 0.25) is 0 Å². The molecule has 0 aliphatic carbocycles. The predicted molar refractivity (Wildman–Crippen MR) is 102 cm³/mol. The van der Waals surface area contributed by atoms with Gasteiger partial charge in [-0.3, -0.25) is 9.52 Å². The third-order valence-corrected chi connectivity index (χ3v) is 5.41. The van der Waals surface area contributed by atoms with Gasteiger partial charge in [-0.15, -0.1) is 0 Å². The van der Waals surface area contributed by atoms with E-state index < -0.39 is 16.0 Å². The van der Waals surface area contributed by atoms with Gasteiger partial charge in [-0.05, 0) is 37.6 Å². The molecule has 0 saturated heterocycles. The number of amides is 1. The first-order chi connectivity index (χ1) is 12.8. The molecule has 1 atom stereocenters. The molecule has 0 aliphatic rings. The van der Waals surface area contributed by atoms with E-state index in [1.54, 1.807) is 18.2 Å². The minimum Gasteiger partial charge on any atom is -0.465 e. The van der Waals surface area contributed by atoms with Crippen molar-refractivity contribution in [2.75, 3.05) is 11.8 Å². The summed E-state index contributed by atoms with van der Waals surface area (Å²) in [5, 5.41) is 2.80.